The Morgan fingerprint density at radius 3 is 2.62 bits per heavy atom. The van der Waals surface area contributed by atoms with Gasteiger partial charge in [0.05, 0.1) is 7.11 Å². The molecule has 1 aliphatic rings. The van der Waals surface area contributed by atoms with Gasteiger partial charge in [0, 0.05) is 18.5 Å². The molecular formula is C16H24N2O2S. The lowest BCUT2D eigenvalue weighted by Gasteiger charge is -2.49. The summed E-state index contributed by atoms with van der Waals surface area (Å²) in [6, 6.07) is 7.93. The summed E-state index contributed by atoms with van der Waals surface area (Å²) >= 11 is 5.43. The molecule has 2 rings (SSSR count). The lowest BCUT2D eigenvalue weighted by molar-refractivity contribution is -0.0876. The number of rotatable bonds is 4. The Balaban J connectivity index is 2.10. The fourth-order valence-electron chi connectivity index (χ4n) is 3.04. The van der Waals surface area contributed by atoms with Crippen molar-refractivity contribution in [2.75, 3.05) is 13.7 Å². The van der Waals surface area contributed by atoms with E-state index in [4.69, 9.17) is 17.0 Å². The SMILES string of the molecule is COc1ccccc1CCN1C(=S)NC(C)(C)C[C@]1(C)O. The van der Waals surface area contributed by atoms with Crippen molar-refractivity contribution < 1.29 is 9.84 Å². The molecule has 116 valence electrons. The second-order valence-electron chi connectivity index (χ2n) is 6.42. The van der Waals surface area contributed by atoms with Crippen LogP contribution in [0.2, 0.25) is 0 Å². The predicted octanol–water partition coefficient (Wildman–Crippen LogP) is 2.31. The van der Waals surface area contributed by atoms with Gasteiger partial charge in [-0.15, -0.1) is 0 Å². The quantitative estimate of drug-likeness (QED) is 0.836. The van der Waals surface area contributed by atoms with Gasteiger partial charge in [-0.2, -0.15) is 0 Å². The fourth-order valence-corrected chi connectivity index (χ4v) is 3.60. The van der Waals surface area contributed by atoms with E-state index in [1.54, 1.807) is 7.11 Å². The molecule has 1 heterocycles. The van der Waals surface area contributed by atoms with Crippen LogP contribution in [0.4, 0.5) is 0 Å². The van der Waals surface area contributed by atoms with Gasteiger partial charge in [-0.3, -0.25) is 0 Å². The molecular weight excluding hydrogens is 284 g/mol. The number of aliphatic hydroxyl groups is 1. The first-order chi connectivity index (χ1) is 9.75. The molecule has 21 heavy (non-hydrogen) atoms. The number of benzene rings is 1. The molecule has 1 saturated heterocycles. The maximum Gasteiger partial charge on any atom is 0.171 e. The lowest BCUT2D eigenvalue weighted by Crippen LogP contribution is -2.66. The lowest BCUT2D eigenvalue weighted by atomic mass is 9.90. The van der Waals surface area contributed by atoms with Crippen LogP contribution in [0.25, 0.3) is 0 Å². The number of nitrogens with one attached hydrogen (secondary N) is 1. The topological polar surface area (TPSA) is 44.7 Å². The Morgan fingerprint density at radius 2 is 2.00 bits per heavy atom. The molecule has 4 nitrogen and oxygen atoms in total. The van der Waals surface area contributed by atoms with E-state index in [1.807, 2.05) is 49.9 Å². The minimum atomic E-state index is -0.937. The number of nitrogens with zero attached hydrogens (tertiary/aromatic N) is 1. The molecule has 2 N–H and O–H groups in total. The summed E-state index contributed by atoms with van der Waals surface area (Å²) in [6.45, 7) is 6.57. The summed E-state index contributed by atoms with van der Waals surface area (Å²) < 4.78 is 5.37. The number of hydrogen-bond acceptors (Lipinski definition) is 3. The molecule has 0 spiro atoms. The number of ether oxygens (including phenoxy) is 1. The normalized spacial score (nSPS) is 24.6. The smallest absolute Gasteiger partial charge is 0.171 e. The van der Waals surface area contributed by atoms with Crippen LogP contribution in [0.5, 0.6) is 5.75 Å². The number of para-hydroxylation sites is 1. The first-order valence-corrected chi connectivity index (χ1v) is 7.60. The van der Waals surface area contributed by atoms with Gasteiger partial charge in [-0.05, 0) is 51.0 Å². The Morgan fingerprint density at radius 1 is 1.33 bits per heavy atom. The maximum atomic E-state index is 10.7. The van der Waals surface area contributed by atoms with Gasteiger partial charge in [0.1, 0.15) is 11.5 Å². The summed E-state index contributed by atoms with van der Waals surface area (Å²) in [4.78, 5) is 1.86. The Kier molecular flexibility index (Phi) is 4.44. The number of thiocarbonyl (C=S) groups is 1. The van der Waals surface area contributed by atoms with Crippen LogP contribution in [0.15, 0.2) is 24.3 Å². The van der Waals surface area contributed by atoms with Crippen LogP contribution in [0, 0.1) is 0 Å². The van der Waals surface area contributed by atoms with Crippen LogP contribution in [0.1, 0.15) is 32.8 Å². The summed E-state index contributed by atoms with van der Waals surface area (Å²) in [5.41, 5.74) is -0.0153. The number of methoxy groups -OCH3 is 1. The van der Waals surface area contributed by atoms with Crippen molar-refractivity contribution in [3.05, 3.63) is 29.8 Å². The minimum absolute atomic E-state index is 0.193. The van der Waals surface area contributed by atoms with E-state index in [0.717, 1.165) is 17.7 Å². The minimum Gasteiger partial charge on any atom is -0.496 e. The molecule has 0 bridgehead atoms. The maximum absolute atomic E-state index is 10.7. The van der Waals surface area contributed by atoms with Crippen molar-refractivity contribution in [2.24, 2.45) is 0 Å². The van der Waals surface area contributed by atoms with Gasteiger partial charge in [0.2, 0.25) is 0 Å². The summed E-state index contributed by atoms with van der Waals surface area (Å²) in [6.07, 6.45) is 1.38. The highest BCUT2D eigenvalue weighted by Crippen LogP contribution is 2.30. The van der Waals surface area contributed by atoms with Gasteiger partial charge in [-0.1, -0.05) is 18.2 Å². The molecule has 1 fully saturated rings. The zero-order valence-electron chi connectivity index (χ0n) is 13.1. The van der Waals surface area contributed by atoms with E-state index >= 15 is 0 Å². The average molecular weight is 308 g/mol. The molecule has 1 aromatic carbocycles. The van der Waals surface area contributed by atoms with Crippen molar-refractivity contribution in [3.8, 4) is 5.75 Å². The standard InChI is InChI=1S/C16H24N2O2S/c1-15(2)11-16(3,19)18(14(21)17-15)10-9-12-7-5-6-8-13(12)20-4/h5-8,19H,9-11H2,1-4H3,(H,17,21)/t16-/m0/s1. The van der Waals surface area contributed by atoms with Crippen molar-refractivity contribution in [2.45, 2.75) is 44.9 Å². The molecule has 1 aromatic rings. The second-order valence-corrected chi connectivity index (χ2v) is 6.81. The molecule has 0 unspecified atom stereocenters. The third kappa shape index (κ3) is 3.66. The molecule has 5 heteroatoms. The van der Waals surface area contributed by atoms with Crippen LogP contribution in [-0.4, -0.2) is 40.0 Å². The summed E-state index contributed by atoms with van der Waals surface area (Å²) in [5, 5.41) is 14.6. The summed E-state index contributed by atoms with van der Waals surface area (Å²) in [5.74, 6) is 0.869. The van der Waals surface area contributed by atoms with E-state index in [1.165, 1.54) is 0 Å². The molecule has 0 aliphatic carbocycles. The predicted molar refractivity (Wildman–Crippen MR) is 88.5 cm³/mol. The van der Waals surface area contributed by atoms with E-state index in [2.05, 4.69) is 5.32 Å². The van der Waals surface area contributed by atoms with Gasteiger partial charge in [0.25, 0.3) is 0 Å². The van der Waals surface area contributed by atoms with Crippen molar-refractivity contribution in [1.29, 1.82) is 0 Å². The Labute approximate surface area is 132 Å². The molecule has 1 aliphatic heterocycles. The van der Waals surface area contributed by atoms with Crippen LogP contribution >= 0.6 is 12.2 Å². The molecule has 1 atom stereocenters. The van der Waals surface area contributed by atoms with E-state index < -0.39 is 5.72 Å². The molecule has 0 amide bonds. The summed E-state index contributed by atoms with van der Waals surface area (Å²) in [7, 11) is 1.67. The second kappa shape index (κ2) is 5.81. The fraction of sp³-hybridized carbons (Fsp3) is 0.562. The average Bonchev–Trinajstić information content (AvgIpc) is 2.35. The number of hydrogen-bond donors (Lipinski definition) is 2. The first-order valence-electron chi connectivity index (χ1n) is 7.19. The van der Waals surface area contributed by atoms with Crippen molar-refractivity contribution >= 4 is 17.3 Å². The van der Waals surface area contributed by atoms with Crippen LogP contribution in [0.3, 0.4) is 0 Å². The molecule has 0 saturated carbocycles. The van der Waals surface area contributed by atoms with Gasteiger partial charge >= 0.3 is 0 Å². The van der Waals surface area contributed by atoms with E-state index in [9.17, 15) is 5.11 Å². The van der Waals surface area contributed by atoms with Gasteiger partial charge < -0.3 is 20.1 Å². The van der Waals surface area contributed by atoms with Crippen molar-refractivity contribution in [1.82, 2.24) is 10.2 Å². The zero-order valence-corrected chi connectivity index (χ0v) is 14.0. The first kappa shape index (κ1) is 16.0. The highest BCUT2D eigenvalue weighted by atomic mass is 32.1. The van der Waals surface area contributed by atoms with E-state index in [0.29, 0.717) is 18.1 Å². The largest absolute Gasteiger partial charge is 0.496 e. The monoisotopic (exact) mass is 308 g/mol. The highest BCUT2D eigenvalue weighted by Gasteiger charge is 2.42. The van der Waals surface area contributed by atoms with Crippen molar-refractivity contribution in [3.63, 3.8) is 0 Å². The highest BCUT2D eigenvalue weighted by molar-refractivity contribution is 7.80. The Bertz CT molecular complexity index is 529. The van der Waals surface area contributed by atoms with Crippen LogP contribution in [-0.2, 0) is 6.42 Å². The zero-order chi connectivity index (χ0) is 15.7. The van der Waals surface area contributed by atoms with E-state index in [-0.39, 0.29) is 5.54 Å². The molecule has 0 aromatic heterocycles. The molecule has 0 radical (unpaired) electrons. The third-order valence-electron chi connectivity index (χ3n) is 3.85. The third-order valence-corrected chi connectivity index (χ3v) is 4.17. The van der Waals surface area contributed by atoms with Gasteiger partial charge in [0.15, 0.2) is 5.11 Å². The van der Waals surface area contributed by atoms with Crippen LogP contribution < -0.4 is 10.1 Å². The van der Waals surface area contributed by atoms with Gasteiger partial charge in [-0.25, -0.2) is 0 Å². The Hall–Kier alpha value is -1.33.